The zero-order chi connectivity index (χ0) is 28.1. The van der Waals surface area contributed by atoms with Gasteiger partial charge in [-0.05, 0) is 36.2 Å². The number of aromatic nitrogens is 4. The molecule has 4 N–H and O–H groups in total. The lowest BCUT2D eigenvalue weighted by molar-refractivity contribution is -0.117. The number of ether oxygens (including phenoxy) is 1. The zero-order valence-corrected chi connectivity index (χ0v) is 22.1. The van der Waals surface area contributed by atoms with Gasteiger partial charge in [0.15, 0.2) is 5.82 Å². The van der Waals surface area contributed by atoms with Crippen LogP contribution in [0.4, 0.5) is 10.6 Å². The average molecular weight is 536 g/mol. The number of imidazole rings is 1. The first-order valence-electron chi connectivity index (χ1n) is 12.8. The molecule has 2 aromatic carbocycles. The van der Waals surface area contributed by atoms with Gasteiger partial charge < -0.3 is 25.7 Å². The number of nitrogens with one attached hydrogen (secondary N) is 2. The van der Waals surface area contributed by atoms with Gasteiger partial charge >= 0.3 is 6.09 Å². The molecule has 40 heavy (non-hydrogen) atoms. The van der Waals surface area contributed by atoms with Gasteiger partial charge in [-0.15, -0.1) is 0 Å². The lowest BCUT2D eigenvalue weighted by atomic mass is 10.1. The quantitative estimate of drug-likeness (QED) is 0.190. The molecule has 0 fully saturated rings. The molecule has 5 rings (SSSR count). The van der Waals surface area contributed by atoms with Gasteiger partial charge in [0.05, 0.1) is 17.6 Å². The molecule has 3 heterocycles. The summed E-state index contributed by atoms with van der Waals surface area (Å²) in [6, 6.07) is 19.7. The van der Waals surface area contributed by atoms with Crippen molar-refractivity contribution in [3.05, 3.63) is 96.3 Å². The van der Waals surface area contributed by atoms with E-state index < -0.39 is 6.09 Å². The number of anilines is 1. The third kappa shape index (κ3) is 5.75. The van der Waals surface area contributed by atoms with Crippen molar-refractivity contribution < 1.29 is 14.3 Å². The summed E-state index contributed by atoms with van der Waals surface area (Å²) in [6.45, 7) is 6.31. The molecule has 0 spiro atoms. The van der Waals surface area contributed by atoms with E-state index in [0.717, 1.165) is 38.9 Å². The Bertz CT molecular complexity index is 1700. The Balaban J connectivity index is 1.33. The highest BCUT2D eigenvalue weighted by atomic mass is 16.5. The summed E-state index contributed by atoms with van der Waals surface area (Å²) in [5.74, 6) is 0.887. The fraction of sp³-hybridized carbons (Fsp3) is 0.167. The van der Waals surface area contributed by atoms with Crippen molar-refractivity contribution in [2.75, 3.05) is 18.9 Å². The molecule has 3 aromatic heterocycles. The van der Waals surface area contributed by atoms with Crippen LogP contribution in [0.1, 0.15) is 18.1 Å². The van der Waals surface area contributed by atoms with E-state index in [4.69, 9.17) is 15.5 Å². The highest BCUT2D eigenvalue weighted by Crippen LogP contribution is 2.33. The Hall–Kier alpha value is -5.25. The second-order valence-electron chi connectivity index (χ2n) is 9.31. The average Bonchev–Trinajstić information content (AvgIpc) is 3.35. The first-order valence-corrected chi connectivity index (χ1v) is 12.8. The first kappa shape index (κ1) is 26.4. The van der Waals surface area contributed by atoms with Gasteiger partial charge in [0.25, 0.3) is 0 Å². The van der Waals surface area contributed by atoms with E-state index in [1.807, 2.05) is 60.7 Å². The van der Waals surface area contributed by atoms with Crippen LogP contribution < -0.4 is 16.4 Å². The summed E-state index contributed by atoms with van der Waals surface area (Å²) in [5.41, 5.74) is 12.0. The molecule has 2 amide bonds. The molecule has 0 aliphatic rings. The van der Waals surface area contributed by atoms with Gasteiger partial charge in [0, 0.05) is 42.0 Å². The number of nitrogens with zero attached hydrogens (tertiary/aromatic N) is 4. The maximum Gasteiger partial charge on any atom is 0.407 e. The number of carbonyl (C=O) groups is 2. The van der Waals surface area contributed by atoms with Gasteiger partial charge in [0.2, 0.25) is 5.91 Å². The number of amides is 2. The van der Waals surface area contributed by atoms with E-state index in [-0.39, 0.29) is 19.1 Å². The van der Waals surface area contributed by atoms with Crippen molar-refractivity contribution in [2.24, 2.45) is 0 Å². The van der Waals surface area contributed by atoms with E-state index >= 15 is 0 Å². The van der Waals surface area contributed by atoms with Crippen LogP contribution in [0.15, 0.2) is 85.2 Å². The number of para-hydroxylation sites is 1. The van der Waals surface area contributed by atoms with Crippen LogP contribution >= 0.6 is 0 Å². The molecule has 0 bridgehead atoms. The van der Waals surface area contributed by atoms with Crippen LogP contribution in [-0.2, 0) is 22.6 Å². The SMILES string of the molecule is C=C(C)C(=O)NCCOC(=O)NCc1ccc(Cn2c(-c3ccncc3)nc3c(N)nc4ccccc4c32)cc1. The molecular formula is C30H29N7O3. The number of hydrogen-bond donors (Lipinski definition) is 3. The molecule has 10 nitrogen and oxygen atoms in total. The van der Waals surface area contributed by atoms with Crippen molar-refractivity contribution in [1.82, 2.24) is 30.2 Å². The maximum absolute atomic E-state index is 12.0. The third-order valence-electron chi connectivity index (χ3n) is 6.36. The number of pyridine rings is 2. The van der Waals surface area contributed by atoms with E-state index in [1.54, 1.807) is 19.3 Å². The van der Waals surface area contributed by atoms with E-state index in [1.165, 1.54) is 0 Å². The lowest BCUT2D eigenvalue weighted by Crippen LogP contribution is -2.31. The minimum atomic E-state index is -0.557. The van der Waals surface area contributed by atoms with Gasteiger partial charge in [-0.2, -0.15) is 0 Å². The number of alkyl carbamates (subject to hydrolysis) is 1. The molecule has 0 aliphatic heterocycles. The predicted octanol–water partition coefficient (Wildman–Crippen LogP) is 4.20. The van der Waals surface area contributed by atoms with Crippen molar-refractivity contribution >= 4 is 39.8 Å². The normalized spacial score (nSPS) is 10.9. The molecule has 0 radical (unpaired) electrons. The molecule has 0 saturated heterocycles. The van der Waals surface area contributed by atoms with E-state index in [0.29, 0.717) is 30.0 Å². The highest BCUT2D eigenvalue weighted by Gasteiger charge is 2.18. The minimum absolute atomic E-state index is 0.0666. The fourth-order valence-corrected chi connectivity index (χ4v) is 4.36. The second kappa shape index (κ2) is 11.6. The Kier molecular flexibility index (Phi) is 7.68. The molecule has 202 valence electrons. The number of nitrogen functional groups attached to an aromatic ring is 1. The number of fused-ring (bicyclic) bond motifs is 3. The van der Waals surface area contributed by atoms with Gasteiger partial charge in [-0.3, -0.25) is 9.78 Å². The topological polar surface area (TPSA) is 137 Å². The van der Waals surface area contributed by atoms with Crippen LogP contribution in [-0.4, -0.2) is 44.7 Å². The standard InChI is InChI=1S/C30H29N7O3/c1-19(2)29(38)33-15-16-40-30(39)34-17-20-7-9-21(10-8-20)18-37-26-23-5-3-4-6-24(23)35-27(31)25(26)36-28(37)22-11-13-32-14-12-22/h3-14H,1,15-18H2,2H3,(H2,31,35)(H,33,38)(H,34,39). The molecule has 5 aromatic rings. The summed E-state index contributed by atoms with van der Waals surface area (Å²) < 4.78 is 7.26. The van der Waals surface area contributed by atoms with Crippen LogP contribution in [0, 0.1) is 0 Å². The minimum Gasteiger partial charge on any atom is -0.448 e. The largest absolute Gasteiger partial charge is 0.448 e. The van der Waals surface area contributed by atoms with Crippen LogP contribution in [0.25, 0.3) is 33.3 Å². The summed E-state index contributed by atoms with van der Waals surface area (Å²) in [7, 11) is 0. The predicted molar refractivity (Wildman–Crippen MR) is 154 cm³/mol. The number of benzene rings is 2. The maximum atomic E-state index is 12.0. The van der Waals surface area contributed by atoms with Crippen LogP contribution in [0.2, 0.25) is 0 Å². The number of rotatable bonds is 9. The first-order chi connectivity index (χ1) is 19.4. The monoisotopic (exact) mass is 535 g/mol. The summed E-state index contributed by atoms with van der Waals surface area (Å²) >= 11 is 0. The number of carbonyl (C=O) groups excluding carboxylic acids is 2. The second-order valence-corrected chi connectivity index (χ2v) is 9.31. The molecular weight excluding hydrogens is 506 g/mol. The number of nitrogens with two attached hydrogens (primary N) is 1. The van der Waals surface area contributed by atoms with Crippen molar-refractivity contribution in [2.45, 2.75) is 20.0 Å². The molecule has 0 aliphatic carbocycles. The molecule has 0 atom stereocenters. The van der Waals surface area contributed by atoms with Crippen molar-refractivity contribution in [1.29, 1.82) is 0 Å². The van der Waals surface area contributed by atoms with Gasteiger partial charge in [-0.1, -0.05) is 49.0 Å². The Morgan fingerprint density at radius 1 is 0.975 bits per heavy atom. The summed E-state index contributed by atoms with van der Waals surface area (Å²) in [5, 5.41) is 6.30. The van der Waals surface area contributed by atoms with Gasteiger partial charge in [0.1, 0.15) is 17.9 Å². The van der Waals surface area contributed by atoms with E-state index in [9.17, 15) is 9.59 Å². The lowest BCUT2D eigenvalue weighted by Gasteiger charge is -2.12. The summed E-state index contributed by atoms with van der Waals surface area (Å²) in [4.78, 5) is 37.1. The smallest absolute Gasteiger partial charge is 0.407 e. The Morgan fingerprint density at radius 2 is 1.70 bits per heavy atom. The molecule has 10 heteroatoms. The number of hydrogen-bond acceptors (Lipinski definition) is 7. The molecule has 0 saturated carbocycles. The van der Waals surface area contributed by atoms with Gasteiger partial charge in [-0.25, -0.2) is 14.8 Å². The van der Waals surface area contributed by atoms with E-state index in [2.05, 4.69) is 31.7 Å². The zero-order valence-electron chi connectivity index (χ0n) is 22.1. The van der Waals surface area contributed by atoms with Crippen molar-refractivity contribution in [3.63, 3.8) is 0 Å². The highest BCUT2D eigenvalue weighted by molar-refractivity contribution is 6.07. The fourth-order valence-electron chi connectivity index (χ4n) is 4.36. The molecule has 0 unspecified atom stereocenters. The summed E-state index contributed by atoms with van der Waals surface area (Å²) in [6.07, 6.45) is 2.92. The Labute approximate surface area is 230 Å². The third-order valence-corrected chi connectivity index (χ3v) is 6.36. The Morgan fingerprint density at radius 3 is 2.45 bits per heavy atom. The van der Waals surface area contributed by atoms with Crippen LogP contribution in [0.5, 0.6) is 0 Å². The van der Waals surface area contributed by atoms with Crippen molar-refractivity contribution in [3.8, 4) is 11.4 Å². The van der Waals surface area contributed by atoms with Crippen LogP contribution in [0.3, 0.4) is 0 Å².